The van der Waals surface area contributed by atoms with Gasteiger partial charge in [-0.15, -0.1) is 0 Å². The molecule has 0 aliphatic carbocycles. The topological polar surface area (TPSA) is 41.1 Å². The van der Waals surface area contributed by atoms with E-state index in [2.05, 4.69) is 10.6 Å². The molecule has 19 heavy (non-hydrogen) atoms. The first kappa shape index (κ1) is 13.7. The number of carbonyl (C=O) groups is 1. The quantitative estimate of drug-likeness (QED) is 0.822. The van der Waals surface area contributed by atoms with Gasteiger partial charge in [-0.2, -0.15) is 0 Å². The molecule has 3 nitrogen and oxygen atoms in total. The van der Waals surface area contributed by atoms with Gasteiger partial charge in [-0.25, -0.2) is 0 Å². The van der Waals surface area contributed by atoms with E-state index in [4.69, 9.17) is 0 Å². The van der Waals surface area contributed by atoms with Crippen LogP contribution in [0.5, 0.6) is 0 Å². The molecule has 0 fully saturated rings. The molecule has 0 radical (unpaired) electrons. The van der Waals surface area contributed by atoms with E-state index in [1.54, 1.807) is 24.3 Å². The minimum atomic E-state index is -0.775. The Morgan fingerprint density at radius 3 is 2.37 bits per heavy atom. The average Bonchev–Trinajstić information content (AvgIpc) is 2.41. The number of nitrogens with one attached hydrogen (secondary N) is 2. The van der Waals surface area contributed by atoms with Crippen LogP contribution in [0.2, 0.25) is 0 Å². The summed E-state index contributed by atoms with van der Waals surface area (Å²) >= 11 is 1.31. The number of para-hydroxylation sites is 1. The SMILES string of the molecule is O=C(Nc1ccccc1)Nc1ccc(F)[c]([Ti])c1F. The summed E-state index contributed by atoms with van der Waals surface area (Å²) in [4.78, 5) is 11.6. The van der Waals surface area contributed by atoms with Gasteiger partial charge in [0.25, 0.3) is 0 Å². The molecule has 2 rings (SSSR count). The molecule has 2 aromatic rings. The number of benzene rings is 2. The number of halogens is 2. The summed E-state index contributed by atoms with van der Waals surface area (Å²) in [6.07, 6.45) is 0. The number of amides is 2. The number of urea groups is 1. The van der Waals surface area contributed by atoms with E-state index in [1.807, 2.05) is 6.07 Å². The number of hydrogen-bond acceptors (Lipinski definition) is 1. The van der Waals surface area contributed by atoms with Crippen LogP contribution in [0, 0.1) is 11.6 Å². The minimum absolute atomic E-state index is 0.0627. The second-order valence-electron chi connectivity index (χ2n) is 3.73. The second kappa shape index (κ2) is 5.95. The van der Waals surface area contributed by atoms with Crippen molar-refractivity contribution < 1.29 is 34.0 Å². The fraction of sp³-hybridized carbons (Fsp3) is 0. The van der Waals surface area contributed by atoms with Gasteiger partial charge in [0.15, 0.2) is 0 Å². The Hall–Kier alpha value is -1.72. The predicted molar refractivity (Wildman–Crippen MR) is 65.1 cm³/mol. The normalized spacial score (nSPS) is 9.95. The molecule has 95 valence electrons. The van der Waals surface area contributed by atoms with E-state index in [1.165, 1.54) is 26.5 Å². The molecule has 6 heteroatoms. The second-order valence-corrected chi connectivity index (χ2v) is 4.51. The molecule has 2 N–H and O–H groups in total. The molecule has 0 aliphatic rings. The summed E-state index contributed by atoms with van der Waals surface area (Å²) in [6.45, 7) is 0. The van der Waals surface area contributed by atoms with E-state index < -0.39 is 17.7 Å². The zero-order valence-corrected chi connectivity index (χ0v) is 11.3. The van der Waals surface area contributed by atoms with Crippen LogP contribution >= 0.6 is 0 Å². The number of hydrogen-bond donors (Lipinski definition) is 2. The molecule has 0 saturated heterocycles. The first-order valence-electron chi connectivity index (χ1n) is 5.40. The van der Waals surface area contributed by atoms with Gasteiger partial charge in [-0.1, -0.05) is 0 Å². The van der Waals surface area contributed by atoms with Crippen LogP contribution in [-0.2, 0) is 20.4 Å². The zero-order chi connectivity index (χ0) is 13.8. The first-order chi connectivity index (χ1) is 9.08. The van der Waals surface area contributed by atoms with Crippen LogP contribution in [-0.4, -0.2) is 6.03 Å². The van der Waals surface area contributed by atoms with Gasteiger partial charge < -0.3 is 0 Å². The van der Waals surface area contributed by atoms with Crippen LogP contribution in [0.1, 0.15) is 0 Å². The molecule has 0 saturated carbocycles. The Morgan fingerprint density at radius 1 is 1.00 bits per heavy atom. The molecular weight excluding hydrogens is 286 g/mol. The van der Waals surface area contributed by atoms with Gasteiger partial charge in [0, 0.05) is 0 Å². The van der Waals surface area contributed by atoms with Crippen molar-refractivity contribution in [2.45, 2.75) is 0 Å². The van der Waals surface area contributed by atoms with Crippen molar-refractivity contribution in [3.63, 3.8) is 0 Å². The molecule has 2 aromatic carbocycles. The molecule has 2 amide bonds. The summed E-state index contributed by atoms with van der Waals surface area (Å²) in [5.41, 5.74) is 0.520. The molecule has 0 aliphatic heterocycles. The van der Waals surface area contributed by atoms with E-state index in [0.717, 1.165) is 6.07 Å². The molecule has 0 atom stereocenters. The van der Waals surface area contributed by atoms with Crippen LogP contribution in [0.3, 0.4) is 0 Å². The summed E-state index contributed by atoms with van der Waals surface area (Å²) in [5.74, 6) is -1.42. The number of anilines is 2. The van der Waals surface area contributed by atoms with Crippen LogP contribution in [0.15, 0.2) is 42.5 Å². The third-order valence-corrected chi connectivity index (χ3v) is 3.09. The van der Waals surface area contributed by atoms with Crippen molar-refractivity contribution in [1.29, 1.82) is 0 Å². The first-order valence-corrected chi connectivity index (χ1v) is 6.18. The Labute approximate surface area is 120 Å². The molecule has 0 aromatic heterocycles. The van der Waals surface area contributed by atoms with Gasteiger partial charge in [0.2, 0.25) is 0 Å². The Morgan fingerprint density at radius 2 is 1.68 bits per heavy atom. The third kappa shape index (κ3) is 3.39. The standard InChI is InChI=1S/C13H9F2N2O.Ti/c14-9-6-7-12(11(15)8-9)17-13(18)16-10-4-2-1-3-5-10;/h1-7H,(H2,16,17,18);. The monoisotopic (exact) mass is 295 g/mol. The van der Waals surface area contributed by atoms with Crippen molar-refractivity contribution in [3.05, 3.63) is 54.1 Å². The van der Waals surface area contributed by atoms with Gasteiger partial charge in [0.05, 0.1) is 0 Å². The fourth-order valence-electron chi connectivity index (χ4n) is 1.46. The van der Waals surface area contributed by atoms with Crippen molar-refractivity contribution in [3.8, 4) is 0 Å². The van der Waals surface area contributed by atoms with E-state index in [0.29, 0.717) is 5.69 Å². The number of rotatable bonds is 2. The molecular formula is C13H9F2N2OTi. The van der Waals surface area contributed by atoms with Crippen LogP contribution in [0.25, 0.3) is 0 Å². The molecule has 0 bridgehead atoms. The van der Waals surface area contributed by atoms with E-state index in [9.17, 15) is 13.6 Å². The summed E-state index contributed by atoms with van der Waals surface area (Å²) in [7, 11) is 0. The fourth-order valence-corrected chi connectivity index (χ4v) is 1.80. The summed E-state index contributed by atoms with van der Waals surface area (Å²) in [5, 5.41) is 4.88. The molecule has 0 unspecified atom stereocenters. The predicted octanol–water partition coefficient (Wildman–Crippen LogP) is 2.78. The van der Waals surface area contributed by atoms with Crippen molar-refractivity contribution in [1.82, 2.24) is 0 Å². The Balaban J connectivity index is 2.10. The van der Waals surface area contributed by atoms with Crippen LogP contribution in [0.4, 0.5) is 25.0 Å². The molecule has 0 heterocycles. The Bertz CT molecular complexity index is 605. The summed E-state index contributed by atoms with van der Waals surface area (Å²) in [6, 6.07) is 10.4. The zero-order valence-electron chi connectivity index (χ0n) is 9.71. The maximum atomic E-state index is 13.7. The summed E-state index contributed by atoms with van der Waals surface area (Å²) < 4.78 is 26.6. The van der Waals surface area contributed by atoms with Gasteiger partial charge >= 0.3 is 120 Å². The van der Waals surface area contributed by atoms with Crippen molar-refractivity contribution >= 4 is 21.3 Å². The van der Waals surface area contributed by atoms with Crippen molar-refractivity contribution in [2.75, 3.05) is 10.6 Å². The van der Waals surface area contributed by atoms with Gasteiger partial charge in [0.1, 0.15) is 0 Å². The van der Waals surface area contributed by atoms with E-state index >= 15 is 0 Å². The van der Waals surface area contributed by atoms with Gasteiger partial charge in [-0.3, -0.25) is 0 Å². The molecule has 0 spiro atoms. The third-order valence-electron chi connectivity index (χ3n) is 2.37. The van der Waals surface area contributed by atoms with Gasteiger partial charge in [-0.05, 0) is 0 Å². The average molecular weight is 295 g/mol. The van der Waals surface area contributed by atoms with E-state index in [-0.39, 0.29) is 9.56 Å². The van der Waals surface area contributed by atoms with Crippen LogP contribution < -0.4 is 14.5 Å². The maximum absolute atomic E-state index is 13.7. The van der Waals surface area contributed by atoms with Crippen molar-refractivity contribution in [2.24, 2.45) is 0 Å². The Kier molecular flexibility index (Phi) is 4.29. The number of carbonyl (C=O) groups excluding carboxylic acids is 1.